The predicted octanol–water partition coefficient (Wildman–Crippen LogP) is -0.258. The highest BCUT2D eigenvalue weighted by Gasteiger charge is 2.42. The number of halogens is 1. The number of carboxylic acids is 3. The average Bonchev–Trinajstić information content (AvgIpc) is 1.75. The van der Waals surface area contributed by atoms with E-state index in [1.165, 1.54) is 50.2 Å². The van der Waals surface area contributed by atoms with Gasteiger partial charge < -0.3 is 88.5 Å². The molecule has 1 aliphatic rings. The number of aromatic hydroxyl groups is 1. The van der Waals surface area contributed by atoms with E-state index in [1.807, 2.05) is 0 Å². The van der Waals surface area contributed by atoms with E-state index in [-0.39, 0.29) is 56.4 Å². The van der Waals surface area contributed by atoms with Crippen LogP contribution in [0.1, 0.15) is 73.8 Å². The third-order valence-corrected chi connectivity index (χ3v) is 17.0. The third kappa shape index (κ3) is 23.9. The van der Waals surface area contributed by atoms with E-state index in [9.17, 15) is 80.7 Å². The maximum absolute atomic E-state index is 15.3. The molecular weight excluding hydrogens is 1370 g/mol. The van der Waals surface area contributed by atoms with Crippen molar-refractivity contribution >= 4 is 98.4 Å². The van der Waals surface area contributed by atoms with E-state index >= 15 is 14.4 Å². The SMILES string of the molecule is CC(C)[C@H](NC(=O)[C@@H](Cc1ccc(O)cc1)NC(=O)[C@@H](Cc1ccccc1)NC(=O)[C@@H](CC(=O)O)NC(=O)[C@@H](N)CC(=O)O)C(=O)N[C@@H](Cc1c[nH]c2ccccc12)C(=O)N[C@@H](Cc1ccc(OS(=O)(=O)F)cc1)C(=O)N1CCC[C@H]1C(=O)N[C@@H](CC(N)=O)C(=O)N[C@@H](Cc1ccccc1)C(=O)O. The molecule has 5 aromatic carbocycles. The lowest BCUT2D eigenvalue weighted by Crippen LogP contribution is -2.62. The molecule has 32 nitrogen and oxygen atoms in total. The number of fused-ring (bicyclic) bond motifs is 1. The number of para-hydroxylation sites is 1. The Morgan fingerprint density at radius 3 is 1.51 bits per heavy atom. The van der Waals surface area contributed by atoms with Crippen LogP contribution in [0.25, 0.3) is 10.9 Å². The molecule has 34 heteroatoms. The summed E-state index contributed by atoms with van der Waals surface area (Å²) in [4.78, 5) is 183. The maximum atomic E-state index is 15.3. The van der Waals surface area contributed by atoms with Crippen molar-refractivity contribution in [2.24, 2.45) is 17.4 Å². The summed E-state index contributed by atoms with van der Waals surface area (Å²) in [5.74, 6) is -16.6. The van der Waals surface area contributed by atoms with Gasteiger partial charge in [-0.2, -0.15) is 8.42 Å². The summed E-state index contributed by atoms with van der Waals surface area (Å²) >= 11 is 0. The number of rotatable bonds is 37. The summed E-state index contributed by atoms with van der Waals surface area (Å²) in [7, 11) is -5.51. The van der Waals surface area contributed by atoms with Crippen LogP contribution in [0.5, 0.6) is 11.5 Å². The number of likely N-dealkylation sites (tertiary alicyclic amines) is 1. The molecule has 10 atom stereocenters. The quantitative estimate of drug-likeness (QED) is 0.0223. The molecule has 103 heavy (non-hydrogen) atoms. The molecule has 17 N–H and O–H groups in total. The van der Waals surface area contributed by atoms with Gasteiger partial charge in [0.2, 0.25) is 59.1 Å². The number of amides is 10. The van der Waals surface area contributed by atoms with Gasteiger partial charge in [-0.1, -0.05) is 121 Å². The Morgan fingerprint density at radius 2 is 0.981 bits per heavy atom. The number of primary amides is 1. The first-order valence-electron chi connectivity index (χ1n) is 32.4. The number of aromatic amines is 1. The van der Waals surface area contributed by atoms with Crippen LogP contribution in [0.3, 0.4) is 0 Å². The molecule has 1 saturated heterocycles. The summed E-state index contributed by atoms with van der Waals surface area (Å²) in [5.41, 5.74) is 13.8. The van der Waals surface area contributed by atoms with Gasteiger partial charge in [-0.3, -0.25) is 57.5 Å². The fourth-order valence-corrected chi connectivity index (χ4v) is 11.8. The average molecular weight is 1450 g/mol. The Labute approximate surface area is 589 Å². The van der Waals surface area contributed by atoms with Crippen molar-refractivity contribution in [1.29, 1.82) is 0 Å². The first-order chi connectivity index (χ1) is 48.8. The number of carbonyl (C=O) groups is 13. The van der Waals surface area contributed by atoms with Crippen molar-refractivity contribution < 1.29 is 99.2 Å². The van der Waals surface area contributed by atoms with E-state index < -0.39 is 185 Å². The van der Waals surface area contributed by atoms with Crippen LogP contribution in [0, 0.1) is 5.92 Å². The fraction of sp³-hybridized carbons (Fsp3) is 0.348. The van der Waals surface area contributed by atoms with Gasteiger partial charge >= 0.3 is 28.4 Å². The van der Waals surface area contributed by atoms with Crippen molar-refractivity contribution in [3.05, 3.63) is 167 Å². The van der Waals surface area contributed by atoms with E-state index in [0.717, 1.165) is 17.0 Å². The van der Waals surface area contributed by atoms with Crippen LogP contribution in [0.4, 0.5) is 3.89 Å². The minimum Gasteiger partial charge on any atom is -0.508 e. The Bertz CT molecular complexity index is 4190. The molecule has 10 amide bonds. The van der Waals surface area contributed by atoms with Crippen molar-refractivity contribution in [3.8, 4) is 11.5 Å². The number of nitrogens with two attached hydrogens (primary N) is 2. The van der Waals surface area contributed by atoms with Gasteiger partial charge in [0.1, 0.15) is 65.9 Å². The molecule has 0 radical (unpaired) electrons. The molecule has 2 heterocycles. The van der Waals surface area contributed by atoms with E-state index in [0.29, 0.717) is 33.2 Å². The van der Waals surface area contributed by atoms with Crippen LogP contribution in [-0.4, -0.2) is 183 Å². The molecule has 0 bridgehead atoms. The van der Waals surface area contributed by atoms with Crippen LogP contribution in [0.15, 0.2) is 140 Å². The normalized spacial score (nSPS) is 15.4. The molecular formula is C69H79FN12O20S. The minimum atomic E-state index is -5.51. The third-order valence-electron chi connectivity index (χ3n) is 16.6. The fourth-order valence-electron chi connectivity index (χ4n) is 11.4. The topological polar surface area (TPSA) is 514 Å². The number of nitrogens with one attached hydrogen (secondary N) is 9. The molecule has 6 aromatic rings. The number of carboxylic acid groups (broad SMARTS) is 3. The van der Waals surface area contributed by atoms with Crippen LogP contribution < -0.4 is 58.2 Å². The number of H-pyrrole nitrogens is 1. The summed E-state index contributed by atoms with van der Waals surface area (Å²) in [5, 5.41) is 59.8. The summed E-state index contributed by atoms with van der Waals surface area (Å²) in [6.07, 6.45) is -2.70. The van der Waals surface area contributed by atoms with Crippen molar-refractivity contribution in [2.45, 2.75) is 138 Å². The first-order valence-corrected chi connectivity index (χ1v) is 33.7. The molecule has 1 aliphatic heterocycles. The van der Waals surface area contributed by atoms with Gasteiger partial charge in [0.15, 0.2) is 0 Å². The highest BCUT2D eigenvalue weighted by Crippen LogP contribution is 2.24. The molecule has 1 aromatic heterocycles. The number of hydrogen-bond donors (Lipinski definition) is 15. The van der Waals surface area contributed by atoms with E-state index in [1.54, 1.807) is 91.1 Å². The Hall–Kier alpha value is -11.8. The van der Waals surface area contributed by atoms with Gasteiger partial charge in [-0.05, 0) is 76.9 Å². The molecule has 548 valence electrons. The lowest BCUT2D eigenvalue weighted by Gasteiger charge is -2.31. The predicted molar refractivity (Wildman–Crippen MR) is 364 cm³/mol. The Balaban J connectivity index is 1.19. The summed E-state index contributed by atoms with van der Waals surface area (Å²) < 4.78 is 40.8. The molecule has 0 saturated carbocycles. The second-order valence-corrected chi connectivity index (χ2v) is 25.8. The molecule has 0 aliphatic carbocycles. The van der Waals surface area contributed by atoms with Gasteiger partial charge in [0.25, 0.3) is 0 Å². The number of aliphatic carboxylic acids is 3. The van der Waals surface area contributed by atoms with Crippen LogP contribution in [-0.2, 0) is 105 Å². The number of benzene rings is 5. The largest absolute Gasteiger partial charge is 0.508 e. The van der Waals surface area contributed by atoms with Crippen molar-refractivity contribution in [2.75, 3.05) is 6.54 Å². The molecule has 7 rings (SSSR count). The highest BCUT2D eigenvalue weighted by atomic mass is 32.3. The standard InChI is InChI=1S/C69H79FN12O20S/c1-37(2)59(81-65(94)49(29-40-19-23-43(83)24-20-40)76-61(90)48(28-38-12-5-3-6-13-38)75-64(93)52(35-58(87)88)74-60(89)46(71)33-57(85)86)67(96)78-50(32-42-36-73-47-17-10-9-16-45(42)47)62(91)79-53(30-41-21-25-44(26-22-41)102-103(70,100)101)68(97)82-27-11-18-55(82)66(95)77-51(34-56(72)84)63(92)80-54(69(98)99)31-39-14-7-4-8-15-39/h3-10,12-17,19-26,36-37,46,48-55,59,73,83H,11,18,27-35,71H2,1-2H3,(H2,72,84)(H,74,89)(H,75,93)(H,76,90)(H,77,95)(H,78,96)(H,79,91)(H,80,92)(H,81,94)(H,85,86)(H,87,88)(H,98,99)/t46-,48+,49+,50-,51-,52+,53-,54-,55-,59-/m0/s1. The number of phenols is 1. The zero-order valence-corrected chi connectivity index (χ0v) is 56.4. The van der Waals surface area contributed by atoms with E-state index in [4.69, 9.17) is 11.5 Å². The smallest absolute Gasteiger partial charge is 0.488 e. The summed E-state index contributed by atoms with van der Waals surface area (Å²) in [6, 6.07) is 16.7. The second-order valence-electron chi connectivity index (χ2n) is 24.8. The van der Waals surface area contributed by atoms with Gasteiger partial charge in [-0.15, -0.1) is 0 Å². The van der Waals surface area contributed by atoms with Crippen LogP contribution in [0.2, 0.25) is 0 Å². The maximum Gasteiger partial charge on any atom is 0.488 e. The van der Waals surface area contributed by atoms with Crippen molar-refractivity contribution in [3.63, 3.8) is 0 Å². The Kier molecular flexibility index (Phi) is 27.8. The lowest BCUT2D eigenvalue weighted by atomic mass is 9.98. The monoisotopic (exact) mass is 1450 g/mol. The number of nitrogens with zero attached hydrogens (tertiary/aromatic N) is 1. The number of hydrogen-bond acceptors (Lipinski definition) is 18. The molecule has 0 spiro atoms. The van der Waals surface area contributed by atoms with Crippen LogP contribution >= 0.6 is 0 Å². The number of phenolic OH excluding ortho intramolecular Hbond substituents is 1. The highest BCUT2D eigenvalue weighted by molar-refractivity contribution is 7.81. The number of carbonyl (C=O) groups excluding carboxylic acids is 10. The Morgan fingerprint density at radius 1 is 0.534 bits per heavy atom. The second kappa shape index (κ2) is 36.5. The summed E-state index contributed by atoms with van der Waals surface area (Å²) in [6.45, 7) is 2.94. The van der Waals surface area contributed by atoms with Crippen molar-refractivity contribution in [1.82, 2.24) is 52.4 Å². The molecule has 0 unspecified atom stereocenters. The first kappa shape index (κ1) is 78.5. The van der Waals surface area contributed by atoms with Gasteiger partial charge in [0.05, 0.1) is 25.3 Å². The van der Waals surface area contributed by atoms with Gasteiger partial charge in [-0.25, -0.2) is 4.79 Å². The zero-order valence-electron chi connectivity index (χ0n) is 55.6. The van der Waals surface area contributed by atoms with Gasteiger partial charge in [0, 0.05) is 55.7 Å². The number of aromatic nitrogens is 1. The zero-order chi connectivity index (χ0) is 75.2. The lowest BCUT2D eigenvalue weighted by molar-refractivity contribution is -0.144. The van der Waals surface area contributed by atoms with E-state index in [2.05, 4.69) is 51.7 Å². The minimum absolute atomic E-state index is 0.0464. The molecule has 1 fully saturated rings.